The minimum absolute atomic E-state index is 0.132. The second-order valence-electron chi connectivity index (χ2n) is 6.14. The minimum atomic E-state index is -0.763. The lowest BCUT2D eigenvalue weighted by Crippen LogP contribution is -2.40. The molecule has 0 atom stereocenters. The Morgan fingerprint density at radius 1 is 1.25 bits per heavy atom. The van der Waals surface area contributed by atoms with Crippen LogP contribution < -0.4 is 5.84 Å². The van der Waals surface area contributed by atoms with Crippen LogP contribution in [0.3, 0.4) is 0 Å². The lowest BCUT2D eigenvalue weighted by atomic mass is 9.84. The van der Waals surface area contributed by atoms with Crippen LogP contribution in [0.15, 0.2) is 11.8 Å². The highest BCUT2D eigenvalue weighted by molar-refractivity contribution is 5.10. The van der Waals surface area contributed by atoms with Gasteiger partial charge in [-0.3, -0.25) is 0 Å². The SMILES string of the molecule is CCC/C(=C\N(N)CC(C)(C)O)C(C)(C)C. The lowest BCUT2D eigenvalue weighted by molar-refractivity contribution is 0.0500. The zero-order valence-corrected chi connectivity index (χ0v) is 11.7. The van der Waals surface area contributed by atoms with Crippen molar-refractivity contribution >= 4 is 0 Å². The molecule has 0 heterocycles. The van der Waals surface area contributed by atoms with E-state index in [1.807, 2.05) is 6.20 Å². The van der Waals surface area contributed by atoms with Gasteiger partial charge >= 0.3 is 0 Å². The van der Waals surface area contributed by atoms with E-state index >= 15 is 0 Å². The van der Waals surface area contributed by atoms with E-state index in [9.17, 15) is 5.11 Å². The predicted octanol–water partition coefficient (Wildman–Crippen LogP) is 2.66. The van der Waals surface area contributed by atoms with Crippen molar-refractivity contribution in [3.8, 4) is 0 Å². The Kier molecular flexibility index (Phi) is 5.50. The first-order valence-corrected chi connectivity index (χ1v) is 6.01. The van der Waals surface area contributed by atoms with Gasteiger partial charge in [0, 0.05) is 6.20 Å². The van der Waals surface area contributed by atoms with E-state index in [-0.39, 0.29) is 5.41 Å². The molecule has 16 heavy (non-hydrogen) atoms. The standard InChI is InChI=1S/C13H28N2O/c1-7-8-11(12(2,3)4)9-15(14)10-13(5,6)16/h9,16H,7-8,10,14H2,1-6H3/b11-9+. The molecule has 96 valence electrons. The number of hydrogen-bond donors (Lipinski definition) is 2. The van der Waals surface area contributed by atoms with Gasteiger partial charge < -0.3 is 10.1 Å². The Morgan fingerprint density at radius 3 is 2.06 bits per heavy atom. The first kappa shape index (κ1) is 15.5. The maximum absolute atomic E-state index is 9.68. The van der Waals surface area contributed by atoms with Crippen molar-refractivity contribution < 1.29 is 5.11 Å². The van der Waals surface area contributed by atoms with Crippen molar-refractivity contribution in [2.45, 2.75) is 60.0 Å². The van der Waals surface area contributed by atoms with E-state index in [0.717, 1.165) is 12.8 Å². The third-order valence-corrected chi connectivity index (χ3v) is 2.37. The minimum Gasteiger partial charge on any atom is -0.389 e. The molecule has 3 heteroatoms. The van der Waals surface area contributed by atoms with Gasteiger partial charge in [-0.05, 0) is 31.3 Å². The van der Waals surface area contributed by atoms with Crippen LogP contribution in [-0.4, -0.2) is 22.3 Å². The fourth-order valence-electron chi connectivity index (χ4n) is 1.60. The van der Waals surface area contributed by atoms with Gasteiger partial charge in [0.25, 0.3) is 0 Å². The van der Waals surface area contributed by atoms with Gasteiger partial charge in [0.05, 0.1) is 12.1 Å². The van der Waals surface area contributed by atoms with Gasteiger partial charge in [-0.2, -0.15) is 0 Å². The molecular formula is C13H28N2O. The molecule has 0 aliphatic carbocycles. The van der Waals surface area contributed by atoms with Crippen molar-refractivity contribution in [1.82, 2.24) is 5.01 Å². The third-order valence-electron chi connectivity index (χ3n) is 2.37. The molecule has 0 fully saturated rings. The number of hydrazine groups is 1. The summed E-state index contributed by atoms with van der Waals surface area (Å²) in [7, 11) is 0. The summed E-state index contributed by atoms with van der Waals surface area (Å²) >= 11 is 0. The topological polar surface area (TPSA) is 49.5 Å². The zero-order chi connectivity index (χ0) is 13.0. The average Bonchev–Trinajstić information content (AvgIpc) is 1.97. The van der Waals surface area contributed by atoms with Crippen LogP contribution in [0.2, 0.25) is 0 Å². The molecule has 0 spiro atoms. The van der Waals surface area contributed by atoms with Gasteiger partial charge in [-0.25, -0.2) is 5.84 Å². The molecule has 0 saturated carbocycles. The molecule has 3 nitrogen and oxygen atoms in total. The summed E-state index contributed by atoms with van der Waals surface area (Å²) in [4.78, 5) is 0. The molecule has 0 aliphatic heterocycles. The number of hydrogen-bond acceptors (Lipinski definition) is 3. The molecule has 0 aromatic carbocycles. The highest BCUT2D eigenvalue weighted by Gasteiger charge is 2.19. The van der Waals surface area contributed by atoms with E-state index in [1.165, 1.54) is 5.57 Å². The zero-order valence-electron chi connectivity index (χ0n) is 11.7. The van der Waals surface area contributed by atoms with E-state index in [2.05, 4.69) is 27.7 Å². The van der Waals surface area contributed by atoms with Crippen LogP contribution in [0.4, 0.5) is 0 Å². The highest BCUT2D eigenvalue weighted by atomic mass is 16.3. The Bertz CT molecular complexity index is 233. The van der Waals surface area contributed by atoms with Gasteiger partial charge in [-0.15, -0.1) is 0 Å². The monoisotopic (exact) mass is 228 g/mol. The summed E-state index contributed by atoms with van der Waals surface area (Å²) in [5.74, 6) is 5.88. The number of allylic oxidation sites excluding steroid dienone is 1. The Morgan fingerprint density at radius 2 is 1.75 bits per heavy atom. The molecule has 0 saturated heterocycles. The number of aliphatic hydroxyl groups is 1. The lowest BCUT2D eigenvalue weighted by Gasteiger charge is -2.28. The second kappa shape index (κ2) is 5.69. The Balaban J connectivity index is 4.66. The molecule has 0 aromatic rings. The summed E-state index contributed by atoms with van der Waals surface area (Å²) < 4.78 is 0. The fourth-order valence-corrected chi connectivity index (χ4v) is 1.60. The number of nitrogens with zero attached hydrogens (tertiary/aromatic N) is 1. The van der Waals surface area contributed by atoms with E-state index in [0.29, 0.717) is 6.54 Å². The molecule has 0 radical (unpaired) electrons. The van der Waals surface area contributed by atoms with Crippen LogP contribution in [0.25, 0.3) is 0 Å². The maximum Gasteiger partial charge on any atom is 0.0781 e. The number of rotatable bonds is 5. The first-order valence-electron chi connectivity index (χ1n) is 6.01. The van der Waals surface area contributed by atoms with Crippen molar-refractivity contribution in [3.05, 3.63) is 11.8 Å². The van der Waals surface area contributed by atoms with E-state index in [4.69, 9.17) is 5.84 Å². The highest BCUT2D eigenvalue weighted by Crippen LogP contribution is 2.29. The van der Waals surface area contributed by atoms with Gasteiger partial charge in [0.1, 0.15) is 0 Å². The summed E-state index contributed by atoms with van der Waals surface area (Å²) in [6.45, 7) is 12.7. The number of nitrogens with two attached hydrogens (primary N) is 1. The van der Waals surface area contributed by atoms with E-state index in [1.54, 1.807) is 18.9 Å². The van der Waals surface area contributed by atoms with E-state index < -0.39 is 5.60 Å². The third kappa shape index (κ3) is 6.85. The smallest absolute Gasteiger partial charge is 0.0781 e. The van der Waals surface area contributed by atoms with Crippen LogP contribution in [0.5, 0.6) is 0 Å². The van der Waals surface area contributed by atoms with Gasteiger partial charge in [0.15, 0.2) is 0 Å². The van der Waals surface area contributed by atoms with Gasteiger partial charge in [0.2, 0.25) is 0 Å². The summed E-state index contributed by atoms with van der Waals surface area (Å²) in [5, 5.41) is 11.3. The van der Waals surface area contributed by atoms with Gasteiger partial charge in [-0.1, -0.05) is 34.1 Å². The van der Waals surface area contributed by atoms with Crippen molar-refractivity contribution in [1.29, 1.82) is 0 Å². The first-order chi connectivity index (χ1) is 7.06. The van der Waals surface area contributed by atoms with Crippen molar-refractivity contribution in [3.63, 3.8) is 0 Å². The molecule has 0 aliphatic rings. The molecule has 0 bridgehead atoms. The average molecular weight is 228 g/mol. The summed E-state index contributed by atoms with van der Waals surface area (Å²) in [5.41, 5.74) is 0.690. The molecule has 3 N–H and O–H groups in total. The Labute approximate surface area is 100 Å². The quantitative estimate of drug-likeness (QED) is 0.562. The Hall–Kier alpha value is -0.540. The molecular weight excluding hydrogens is 200 g/mol. The second-order valence-corrected chi connectivity index (χ2v) is 6.14. The van der Waals surface area contributed by atoms with Crippen molar-refractivity contribution in [2.75, 3.05) is 6.54 Å². The van der Waals surface area contributed by atoms with Crippen LogP contribution in [-0.2, 0) is 0 Å². The molecule has 0 rings (SSSR count). The van der Waals surface area contributed by atoms with Crippen LogP contribution >= 0.6 is 0 Å². The fraction of sp³-hybridized carbons (Fsp3) is 0.846. The van der Waals surface area contributed by atoms with Crippen LogP contribution in [0.1, 0.15) is 54.4 Å². The molecule has 0 aromatic heterocycles. The normalized spacial score (nSPS) is 14.1. The molecule has 0 amide bonds. The summed E-state index contributed by atoms with van der Waals surface area (Å²) in [6, 6.07) is 0. The molecule has 0 unspecified atom stereocenters. The maximum atomic E-state index is 9.68. The largest absolute Gasteiger partial charge is 0.389 e. The predicted molar refractivity (Wildman–Crippen MR) is 69.6 cm³/mol. The van der Waals surface area contributed by atoms with Crippen molar-refractivity contribution in [2.24, 2.45) is 11.3 Å². The summed E-state index contributed by atoms with van der Waals surface area (Å²) in [6.07, 6.45) is 4.13. The van der Waals surface area contributed by atoms with Crippen LogP contribution in [0, 0.1) is 5.41 Å².